The fourth-order valence-electron chi connectivity index (χ4n) is 1.70. The molecule has 5 heteroatoms. The van der Waals surface area contributed by atoms with Crippen molar-refractivity contribution in [3.05, 3.63) is 24.3 Å². The van der Waals surface area contributed by atoms with Gasteiger partial charge >= 0.3 is 0 Å². The molecule has 0 spiro atoms. The molecule has 0 heterocycles. The summed E-state index contributed by atoms with van der Waals surface area (Å²) in [4.78, 5) is 0.393. The molecule has 0 aliphatic heterocycles. The first-order chi connectivity index (χ1) is 8.61. The highest BCUT2D eigenvalue weighted by Gasteiger charge is 2.16. The maximum absolute atomic E-state index is 12.1. The van der Waals surface area contributed by atoms with E-state index in [0.717, 1.165) is 6.42 Å². The molecule has 4 nitrogen and oxygen atoms in total. The van der Waals surface area contributed by atoms with E-state index < -0.39 is 9.84 Å². The lowest BCUT2D eigenvalue weighted by atomic mass is 10.3. The van der Waals surface area contributed by atoms with E-state index in [1.807, 2.05) is 13.0 Å². The summed E-state index contributed by atoms with van der Waals surface area (Å²) in [5.41, 5.74) is 0.682. The zero-order valence-electron chi connectivity index (χ0n) is 11.0. The van der Waals surface area contributed by atoms with Gasteiger partial charge in [0.1, 0.15) is 0 Å². The van der Waals surface area contributed by atoms with Crippen LogP contribution in [-0.4, -0.2) is 34.4 Å². The first-order valence-corrected chi connectivity index (χ1v) is 7.81. The van der Waals surface area contributed by atoms with Crippen LogP contribution in [0.3, 0.4) is 0 Å². The molecule has 0 fully saturated rings. The largest absolute Gasteiger partial charge is 0.385 e. The fourth-order valence-corrected chi connectivity index (χ4v) is 3.22. The second kappa shape index (κ2) is 7.38. The lowest BCUT2D eigenvalue weighted by molar-refractivity contribution is 0.198. The van der Waals surface area contributed by atoms with E-state index in [1.54, 1.807) is 25.3 Å². The van der Waals surface area contributed by atoms with Gasteiger partial charge in [-0.25, -0.2) is 8.42 Å². The first kappa shape index (κ1) is 15.0. The summed E-state index contributed by atoms with van der Waals surface area (Å²) < 4.78 is 29.1. The molecule has 18 heavy (non-hydrogen) atoms. The molecule has 0 saturated carbocycles. The molecule has 0 aliphatic rings. The highest BCUT2D eigenvalue weighted by molar-refractivity contribution is 7.91. The molecule has 0 amide bonds. The van der Waals surface area contributed by atoms with Gasteiger partial charge in [0.05, 0.1) is 16.3 Å². The topological polar surface area (TPSA) is 55.4 Å². The standard InChI is InChI=1S/C13H21NO3S/c1-3-11-18(15,16)13-8-5-4-7-12(13)14-9-6-10-17-2/h4-5,7-8,14H,3,6,9-11H2,1-2H3. The van der Waals surface area contributed by atoms with Crippen LogP contribution < -0.4 is 5.32 Å². The number of ether oxygens (including phenoxy) is 1. The Morgan fingerprint density at radius 1 is 1.28 bits per heavy atom. The highest BCUT2D eigenvalue weighted by Crippen LogP contribution is 2.22. The molecular weight excluding hydrogens is 250 g/mol. The van der Waals surface area contributed by atoms with Gasteiger partial charge in [0.25, 0.3) is 0 Å². The maximum atomic E-state index is 12.1. The number of rotatable bonds is 8. The van der Waals surface area contributed by atoms with Crippen molar-refractivity contribution in [2.75, 3.05) is 31.3 Å². The maximum Gasteiger partial charge on any atom is 0.180 e. The Morgan fingerprint density at radius 2 is 2.00 bits per heavy atom. The number of benzene rings is 1. The third kappa shape index (κ3) is 4.31. The number of anilines is 1. The first-order valence-electron chi connectivity index (χ1n) is 6.16. The van der Waals surface area contributed by atoms with E-state index in [-0.39, 0.29) is 5.75 Å². The summed E-state index contributed by atoms with van der Waals surface area (Å²) in [5.74, 6) is 0.184. The molecule has 0 atom stereocenters. The lowest BCUT2D eigenvalue weighted by Crippen LogP contribution is -2.11. The Balaban J connectivity index is 2.80. The molecule has 102 valence electrons. The predicted octanol–water partition coefficient (Wildman–Crippen LogP) is 2.32. The molecule has 1 rings (SSSR count). The minimum absolute atomic E-state index is 0.184. The Hall–Kier alpha value is -1.07. The van der Waals surface area contributed by atoms with E-state index in [2.05, 4.69) is 5.32 Å². The molecule has 1 aromatic carbocycles. The Morgan fingerprint density at radius 3 is 2.67 bits per heavy atom. The second-order valence-corrected chi connectivity index (χ2v) is 6.17. The van der Waals surface area contributed by atoms with Crippen LogP contribution in [0.4, 0.5) is 5.69 Å². The van der Waals surface area contributed by atoms with Crippen molar-refractivity contribution in [3.8, 4) is 0 Å². The van der Waals surface area contributed by atoms with E-state index in [0.29, 0.717) is 30.2 Å². The second-order valence-electron chi connectivity index (χ2n) is 4.09. The van der Waals surface area contributed by atoms with E-state index >= 15 is 0 Å². The molecule has 1 aromatic rings. The molecule has 1 N–H and O–H groups in total. The highest BCUT2D eigenvalue weighted by atomic mass is 32.2. The molecule has 0 radical (unpaired) electrons. The molecule has 0 unspecified atom stereocenters. The van der Waals surface area contributed by atoms with Crippen LogP contribution in [-0.2, 0) is 14.6 Å². The number of methoxy groups -OCH3 is 1. The molecule has 0 saturated heterocycles. The summed E-state index contributed by atoms with van der Waals surface area (Å²) in [6.07, 6.45) is 1.47. The summed E-state index contributed by atoms with van der Waals surface area (Å²) in [5, 5.41) is 3.15. The quantitative estimate of drug-likeness (QED) is 0.737. The average molecular weight is 271 g/mol. The summed E-state index contributed by atoms with van der Waals surface area (Å²) in [6.45, 7) is 3.23. The summed E-state index contributed by atoms with van der Waals surface area (Å²) in [6, 6.07) is 7.05. The Kier molecular flexibility index (Phi) is 6.15. The minimum atomic E-state index is -3.18. The van der Waals surface area contributed by atoms with Crippen molar-refractivity contribution < 1.29 is 13.2 Å². The third-order valence-corrected chi connectivity index (χ3v) is 4.51. The van der Waals surface area contributed by atoms with Gasteiger partial charge in [0.2, 0.25) is 0 Å². The van der Waals surface area contributed by atoms with Crippen LogP contribution in [0.25, 0.3) is 0 Å². The van der Waals surface area contributed by atoms with Crippen LogP contribution in [0.2, 0.25) is 0 Å². The predicted molar refractivity (Wildman–Crippen MR) is 73.8 cm³/mol. The lowest BCUT2D eigenvalue weighted by Gasteiger charge is -2.12. The molecule has 0 bridgehead atoms. The van der Waals surface area contributed by atoms with Crippen LogP contribution in [0.1, 0.15) is 19.8 Å². The van der Waals surface area contributed by atoms with Crippen molar-refractivity contribution in [1.82, 2.24) is 0 Å². The molecule has 0 aromatic heterocycles. The van der Waals surface area contributed by atoms with Crippen molar-refractivity contribution in [2.45, 2.75) is 24.7 Å². The number of nitrogens with one attached hydrogen (secondary N) is 1. The number of para-hydroxylation sites is 1. The zero-order chi connectivity index (χ0) is 13.4. The van der Waals surface area contributed by atoms with E-state index in [9.17, 15) is 8.42 Å². The van der Waals surface area contributed by atoms with Gasteiger partial charge in [-0.3, -0.25) is 0 Å². The van der Waals surface area contributed by atoms with Gasteiger partial charge in [0.15, 0.2) is 9.84 Å². The van der Waals surface area contributed by atoms with Crippen molar-refractivity contribution in [3.63, 3.8) is 0 Å². The minimum Gasteiger partial charge on any atom is -0.385 e. The smallest absolute Gasteiger partial charge is 0.180 e. The van der Waals surface area contributed by atoms with Crippen LogP contribution in [0, 0.1) is 0 Å². The van der Waals surface area contributed by atoms with Crippen molar-refractivity contribution >= 4 is 15.5 Å². The number of sulfone groups is 1. The summed E-state index contributed by atoms with van der Waals surface area (Å²) >= 11 is 0. The molecule has 0 aliphatic carbocycles. The van der Waals surface area contributed by atoms with Gasteiger partial charge in [-0.15, -0.1) is 0 Å². The van der Waals surface area contributed by atoms with Crippen molar-refractivity contribution in [2.24, 2.45) is 0 Å². The monoisotopic (exact) mass is 271 g/mol. The Bertz CT molecular complexity index is 457. The van der Waals surface area contributed by atoms with Crippen LogP contribution >= 0.6 is 0 Å². The van der Waals surface area contributed by atoms with E-state index in [1.165, 1.54) is 0 Å². The molecular formula is C13H21NO3S. The van der Waals surface area contributed by atoms with Gasteiger partial charge in [0, 0.05) is 20.3 Å². The Labute approximate surface area is 109 Å². The van der Waals surface area contributed by atoms with Crippen molar-refractivity contribution in [1.29, 1.82) is 0 Å². The van der Waals surface area contributed by atoms with Gasteiger partial charge in [-0.1, -0.05) is 19.1 Å². The average Bonchev–Trinajstić information content (AvgIpc) is 2.35. The number of hydrogen-bond donors (Lipinski definition) is 1. The summed E-state index contributed by atoms with van der Waals surface area (Å²) in [7, 11) is -1.53. The fraction of sp³-hybridized carbons (Fsp3) is 0.538. The van der Waals surface area contributed by atoms with Crippen LogP contribution in [0.5, 0.6) is 0 Å². The third-order valence-electron chi connectivity index (χ3n) is 2.54. The van der Waals surface area contributed by atoms with Gasteiger partial charge < -0.3 is 10.1 Å². The zero-order valence-corrected chi connectivity index (χ0v) is 11.8. The SMILES string of the molecule is CCCS(=O)(=O)c1ccccc1NCCCOC. The number of hydrogen-bond acceptors (Lipinski definition) is 4. The van der Waals surface area contributed by atoms with Crippen LogP contribution in [0.15, 0.2) is 29.2 Å². The van der Waals surface area contributed by atoms with E-state index in [4.69, 9.17) is 4.74 Å². The normalized spacial score (nSPS) is 11.4. The van der Waals surface area contributed by atoms with Gasteiger partial charge in [-0.05, 0) is 25.0 Å². The van der Waals surface area contributed by atoms with Gasteiger partial charge in [-0.2, -0.15) is 0 Å².